The van der Waals surface area contributed by atoms with Gasteiger partial charge in [0.25, 0.3) is 0 Å². The van der Waals surface area contributed by atoms with Crippen molar-refractivity contribution < 1.29 is 14.3 Å². The van der Waals surface area contributed by atoms with Crippen molar-refractivity contribution in [1.82, 2.24) is 19.7 Å². The molecule has 1 fully saturated rings. The van der Waals surface area contributed by atoms with Crippen LogP contribution >= 0.6 is 0 Å². The van der Waals surface area contributed by atoms with Gasteiger partial charge in [-0.1, -0.05) is 0 Å². The molecule has 0 spiro atoms. The highest BCUT2D eigenvalue weighted by Gasteiger charge is 2.23. The van der Waals surface area contributed by atoms with Gasteiger partial charge in [0.1, 0.15) is 0 Å². The van der Waals surface area contributed by atoms with Crippen molar-refractivity contribution in [2.24, 2.45) is 0 Å². The highest BCUT2D eigenvalue weighted by atomic mass is 16.5. The Labute approximate surface area is 151 Å². The Balaban J connectivity index is 1.88. The van der Waals surface area contributed by atoms with E-state index in [9.17, 15) is 4.79 Å². The average molecular weight is 352 g/mol. The minimum atomic E-state index is -0.376. The topological polar surface area (TPSA) is 79.1 Å². The molecule has 1 saturated heterocycles. The number of rotatable bonds is 4. The summed E-state index contributed by atoms with van der Waals surface area (Å²) in [6, 6.07) is 5.48. The number of carbonyl (C=O) groups is 1. The van der Waals surface area contributed by atoms with Crippen LogP contribution in [0.25, 0.3) is 22.3 Å². The minimum absolute atomic E-state index is 0.156. The molecule has 0 aromatic carbocycles. The zero-order valence-electron chi connectivity index (χ0n) is 14.6. The molecular formula is C19H20N4O3. The predicted octanol–water partition coefficient (Wildman–Crippen LogP) is 3.37. The van der Waals surface area contributed by atoms with Crippen LogP contribution < -0.4 is 0 Å². The first-order valence-corrected chi connectivity index (χ1v) is 8.85. The van der Waals surface area contributed by atoms with E-state index in [0.717, 1.165) is 24.8 Å². The van der Waals surface area contributed by atoms with Crippen molar-refractivity contribution >= 4 is 17.0 Å². The molecule has 0 saturated carbocycles. The maximum absolute atomic E-state index is 12.5. The quantitative estimate of drug-likeness (QED) is 0.670. The lowest BCUT2D eigenvalue weighted by molar-refractivity contribution is -0.0370. The Bertz CT molecular complexity index is 917. The summed E-state index contributed by atoms with van der Waals surface area (Å²) < 4.78 is 12.9. The van der Waals surface area contributed by atoms with Crippen LogP contribution in [0.1, 0.15) is 42.8 Å². The molecule has 0 bridgehead atoms. The molecule has 134 valence electrons. The molecule has 0 radical (unpaired) electrons. The predicted molar refractivity (Wildman–Crippen MR) is 95.6 cm³/mol. The summed E-state index contributed by atoms with van der Waals surface area (Å²) in [5, 5.41) is 5.14. The van der Waals surface area contributed by atoms with Crippen molar-refractivity contribution in [2.45, 2.75) is 32.4 Å². The number of aromatic nitrogens is 4. The number of ether oxygens (including phenoxy) is 2. The molecule has 0 aliphatic carbocycles. The van der Waals surface area contributed by atoms with Crippen molar-refractivity contribution in [3.8, 4) is 11.3 Å². The number of pyridine rings is 2. The Morgan fingerprint density at radius 1 is 1.35 bits per heavy atom. The van der Waals surface area contributed by atoms with E-state index < -0.39 is 0 Å². The monoisotopic (exact) mass is 352 g/mol. The van der Waals surface area contributed by atoms with Crippen LogP contribution in [0, 0.1) is 0 Å². The number of hydrogen-bond donors (Lipinski definition) is 0. The largest absolute Gasteiger partial charge is 0.462 e. The van der Waals surface area contributed by atoms with E-state index in [0.29, 0.717) is 35.5 Å². The van der Waals surface area contributed by atoms with Crippen LogP contribution in [-0.4, -0.2) is 38.9 Å². The van der Waals surface area contributed by atoms with Crippen LogP contribution in [0.5, 0.6) is 0 Å². The summed E-state index contributed by atoms with van der Waals surface area (Å²) in [6.45, 7) is 2.81. The summed E-state index contributed by atoms with van der Waals surface area (Å²) in [7, 11) is 0. The van der Waals surface area contributed by atoms with Gasteiger partial charge in [-0.25, -0.2) is 14.5 Å². The smallest absolute Gasteiger partial charge is 0.339 e. The van der Waals surface area contributed by atoms with Gasteiger partial charge in [0, 0.05) is 24.6 Å². The van der Waals surface area contributed by atoms with Crippen molar-refractivity contribution in [2.75, 3.05) is 13.2 Å². The second-order valence-corrected chi connectivity index (χ2v) is 6.16. The second-order valence-electron chi connectivity index (χ2n) is 6.16. The Kier molecular flexibility index (Phi) is 4.62. The van der Waals surface area contributed by atoms with Crippen molar-refractivity contribution in [3.05, 3.63) is 42.4 Å². The van der Waals surface area contributed by atoms with Crippen molar-refractivity contribution in [3.63, 3.8) is 0 Å². The molecule has 1 aliphatic rings. The minimum Gasteiger partial charge on any atom is -0.462 e. The summed E-state index contributed by atoms with van der Waals surface area (Å²) in [6.07, 6.45) is 7.94. The van der Waals surface area contributed by atoms with Crippen LogP contribution in [0.2, 0.25) is 0 Å². The van der Waals surface area contributed by atoms with E-state index in [1.165, 1.54) is 0 Å². The van der Waals surface area contributed by atoms with E-state index in [2.05, 4.69) is 10.1 Å². The number of carbonyl (C=O) groups excluding carboxylic acids is 1. The highest BCUT2D eigenvalue weighted by molar-refractivity contribution is 6.03. The molecule has 3 aromatic heterocycles. The van der Waals surface area contributed by atoms with Gasteiger partial charge in [0.15, 0.2) is 11.9 Å². The average Bonchev–Trinajstić information content (AvgIpc) is 3.13. The molecule has 0 amide bonds. The van der Waals surface area contributed by atoms with E-state index in [1.807, 2.05) is 12.1 Å². The maximum atomic E-state index is 12.5. The molecular weight excluding hydrogens is 332 g/mol. The summed E-state index contributed by atoms with van der Waals surface area (Å²) in [5.74, 6) is -0.376. The third-order valence-corrected chi connectivity index (χ3v) is 4.47. The molecule has 7 heteroatoms. The van der Waals surface area contributed by atoms with Crippen LogP contribution in [0.15, 0.2) is 36.8 Å². The molecule has 26 heavy (non-hydrogen) atoms. The molecule has 1 unspecified atom stereocenters. The zero-order valence-corrected chi connectivity index (χ0v) is 14.6. The lowest BCUT2D eigenvalue weighted by Crippen LogP contribution is -2.19. The number of hydrogen-bond acceptors (Lipinski definition) is 6. The molecule has 1 aliphatic heterocycles. The standard InChI is InChI=1S/C19H20N4O3/c1-2-25-19(24)14-11-16(13-6-8-20-9-7-13)22-18-15(14)12-21-23(18)17-5-3-4-10-26-17/h6-9,11-12,17H,2-5,10H2,1H3. The zero-order chi connectivity index (χ0) is 17.9. The highest BCUT2D eigenvalue weighted by Crippen LogP contribution is 2.29. The van der Waals surface area contributed by atoms with E-state index in [4.69, 9.17) is 14.5 Å². The Morgan fingerprint density at radius 3 is 2.92 bits per heavy atom. The number of nitrogens with zero attached hydrogens (tertiary/aromatic N) is 4. The molecule has 0 N–H and O–H groups in total. The summed E-state index contributed by atoms with van der Waals surface area (Å²) in [5.41, 5.74) is 2.66. The SMILES string of the molecule is CCOC(=O)c1cc(-c2ccncc2)nc2c1cnn2C1CCCCO1. The summed E-state index contributed by atoms with van der Waals surface area (Å²) >= 11 is 0. The molecule has 7 nitrogen and oxygen atoms in total. The second kappa shape index (κ2) is 7.21. The van der Waals surface area contributed by atoms with Gasteiger partial charge in [0.05, 0.1) is 29.4 Å². The first-order valence-electron chi connectivity index (χ1n) is 8.85. The molecule has 4 rings (SSSR count). The lowest BCUT2D eigenvalue weighted by Gasteiger charge is -2.23. The fraction of sp³-hybridized carbons (Fsp3) is 0.368. The maximum Gasteiger partial charge on any atom is 0.339 e. The van der Waals surface area contributed by atoms with Gasteiger partial charge in [-0.3, -0.25) is 4.98 Å². The Morgan fingerprint density at radius 2 is 2.19 bits per heavy atom. The lowest BCUT2D eigenvalue weighted by atomic mass is 10.1. The molecule has 4 heterocycles. The first-order chi connectivity index (χ1) is 12.8. The first kappa shape index (κ1) is 16.7. The number of esters is 1. The normalized spacial score (nSPS) is 17.3. The van der Waals surface area contributed by atoms with Gasteiger partial charge < -0.3 is 9.47 Å². The number of fused-ring (bicyclic) bond motifs is 1. The third kappa shape index (κ3) is 3.06. The Hall–Kier alpha value is -2.80. The van der Waals surface area contributed by atoms with Gasteiger partial charge in [-0.2, -0.15) is 5.10 Å². The van der Waals surface area contributed by atoms with Gasteiger partial charge in [-0.15, -0.1) is 0 Å². The van der Waals surface area contributed by atoms with Crippen LogP contribution in [0.4, 0.5) is 0 Å². The molecule has 3 aromatic rings. The van der Waals surface area contributed by atoms with Crippen LogP contribution in [0.3, 0.4) is 0 Å². The van der Waals surface area contributed by atoms with Crippen molar-refractivity contribution in [1.29, 1.82) is 0 Å². The van der Waals surface area contributed by atoms with Crippen LogP contribution in [-0.2, 0) is 9.47 Å². The fourth-order valence-electron chi connectivity index (χ4n) is 3.19. The van der Waals surface area contributed by atoms with Gasteiger partial charge >= 0.3 is 5.97 Å². The van der Waals surface area contributed by atoms with E-state index in [1.54, 1.807) is 36.3 Å². The third-order valence-electron chi connectivity index (χ3n) is 4.47. The molecule has 1 atom stereocenters. The summed E-state index contributed by atoms with van der Waals surface area (Å²) in [4.78, 5) is 21.3. The van der Waals surface area contributed by atoms with E-state index in [-0.39, 0.29) is 12.2 Å². The van der Waals surface area contributed by atoms with Gasteiger partial charge in [0.2, 0.25) is 0 Å². The van der Waals surface area contributed by atoms with E-state index >= 15 is 0 Å². The van der Waals surface area contributed by atoms with Gasteiger partial charge in [-0.05, 0) is 44.4 Å². The fourth-order valence-corrected chi connectivity index (χ4v) is 3.19.